The zero-order valence-corrected chi connectivity index (χ0v) is 27.3. The zero-order valence-electron chi connectivity index (χ0n) is 27.3. The Kier molecular flexibility index (Phi) is 18.3. The van der Waals surface area contributed by atoms with Crippen molar-refractivity contribution in [3.63, 3.8) is 0 Å². The van der Waals surface area contributed by atoms with Crippen LogP contribution in [-0.4, -0.2) is 0 Å². The molecule has 0 N–H and O–H groups in total. The van der Waals surface area contributed by atoms with Crippen LogP contribution in [0.25, 0.3) is 0 Å². The van der Waals surface area contributed by atoms with E-state index in [0.717, 1.165) is 71.0 Å². The van der Waals surface area contributed by atoms with E-state index in [0.29, 0.717) is 0 Å². The van der Waals surface area contributed by atoms with Gasteiger partial charge in [0.25, 0.3) is 0 Å². The van der Waals surface area contributed by atoms with E-state index >= 15 is 0 Å². The third kappa shape index (κ3) is 18.0. The number of hydrogen-bond donors (Lipinski definition) is 0. The van der Waals surface area contributed by atoms with Gasteiger partial charge in [-0.15, -0.1) is 0 Å². The fourth-order valence-corrected chi connectivity index (χ4v) is 7.89. The van der Waals surface area contributed by atoms with Gasteiger partial charge in [-0.3, -0.25) is 0 Å². The molecule has 0 aromatic rings. The molecule has 35 heavy (non-hydrogen) atoms. The Morgan fingerprint density at radius 3 is 0.743 bits per heavy atom. The zero-order chi connectivity index (χ0) is 27.3. The van der Waals surface area contributed by atoms with Gasteiger partial charge in [0, 0.05) is 0 Å². The molecule has 0 aromatic heterocycles. The average molecular weight is 493 g/mol. The second kappa shape index (κ2) is 18.3. The van der Waals surface area contributed by atoms with Gasteiger partial charge in [-0.1, -0.05) is 96.9 Å². The van der Waals surface area contributed by atoms with Crippen LogP contribution in [0, 0.1) is 71.0 Å². The molecule has 0 amide bonds. The molecule has 10 atom stereocenters. The first kappa shape index (κ1) is 35.0. The van der Waals surface area contributed by atoms with Crippen molar-refractivity contribution in [2.24, 2.45) is 71.0 Å². The van der Waals surface area contributed by atoms with Crippen molar-refractivity contribution < 1.29 is 0 Å². The summed E-state index contributed by atoms with van der Waals surface area (Å²) in [5, 5.41) is 0. The van der Waals surface area contributed by atoms with Crippen molar-refractivity contribution in [2.75, 3.05) is 0 Å². The predicted molar refractivity (Wildman–Crippen MR) is 163 cm³/mol. The van der Waals surface area contributed by atoms with Gasteiger partial charge in [-0.25, -0.2) is 0 Å². The molecule has 10 unspecified atom stereocenters. The minimum atomic E-state index is 0.809. The van der Waals surface area contributed by atoms with E-state index in [9.17, 15) is 0 Å². The molecule has 0 heteroatoms. The molecule has 212 valence electrons. The van der Waals surface area contributed by atoms with E-state index < -0.39 is 0 Å². The van der Waals surface area contributed by atoms with E-state index in [1.54, 1.807) is 0 Å². The lowest BCUT2D eigenvalue weighted by molar-refractivity contribution is 0.224. The highest BCUT2D eigenvalue weighted by atomic mass is 14.3. The second-order valence-electron chi connectivity index (χ2n) is 15.4. The van der Waals surface area contributed by atoms with Crippen LogP contribution in [0.1, 0.15) is 155 Å². The predicted octanol–water partition coefficient (Wildman–Crippen LogP) is 12.2. The minimum Gasteiger partial charge on any atom is -0.0628 e. The highest BCUT2D eigenvalue weighted by Gasteiger charge is 2.21. The maximum Gasteiger partial charge on any atom is -0.0394 e. The molecule has 0 aromatic carbocycles. The van der Waals surface area contributed by atoms with Crippen LogP contribution in [0.2, 0.25) is 0 Å². The standard InChI is InChI=1S/C35H72/c1-24(2)15-26(5)16-27(6)17-28(7)18-29(8)19-30(9)20-31(10)21-32(11)22-33(12)23-34(13)35(14)25(3)4/h24-35H,15-23H2,1-14H3. The summed E-state index contributed by atoms with van der Waals surface area (Å²) in [5.41, 5.74) is 0. The highest BCUT2D eigenvalue weighted by Crippen LogP contribution is 2.33. The van der Waals surface area contributed by atoms with E-state index in [1.165, 1.54) is 57.8 Å². The first-order valence-corrected chi connectivity index (χ1v) is 16.1. The Bertz CT molecular complexity index is 490. The molecular formula is C35H72. The largest absolute Gasteiger partial charge is 0.0628 e. The van der Waals surface area contributed by atoms with Gasteiger partial charge in [0.2, 0.25) is 0 Å². The lowest BCUT2D eigenvalue weighted by atomic mass is 9.77. The van der Waals surface area contributed by atoms with Crippen LogP contribution >= 0.6 is 0 Å². The molecule has 0 aliphatic heterocycles. The highest BCUT2D eigenvalue weighted by molar-refractivity contribution is 4.73. The first-order valence-electron chi connectivity index (χ1n) is 16.1. The van der Waals surface area contributed by atoms with E-state index in [4.69, 9.17) is 0 Å². The Morgan fingerprint density at radius 1 is 0.286 bits per heavy atom. The lowest BCUT2D eigenvalue weighted by Crippen LogP contribution is -2.18. The normalized spacial score (nSPS) is 21.3. The van der Waals surface area contributed by atoms with E-state index in [2.05, 4.69) is 96.9 Å². The summed E-state index contributed by atoms with van der Waals surface area (Å²) in [4.78, 5) is 0. The Hall–Kier alpha value is 0. The van der Waals surface area contributed by atoms with Crippen LogP contribution in [0.5, 0.6) is 0 Å². The summed E-state index contributed by atoms with van der Waals surface area (Å²) in [7, 11) is 0. The summed E-state index contributed by atoms with van der Waals surface area (Å²) in [6.07, 6.45) is 12.7. The second-order valence-corrected chi connectivity index (χ2v) is 15.4. The van der Waals surface area contributed by atoms with E-state index in [1.807, 2.05) is 0 Å². The molecule has 0 saturated carbocycles. The fourth-order valence-electron chi connectivity index (χ4n) is 7.89. The number of rotatable bonds is 20. The van der Waals surface area contributed by atoms with Crippen LogP contribution in [0.15, 0.2) is 0 Å². The van der Waals surface area contributed by atoms with Crippen molar-refractivity contribution in [1.29, 1.82) is 0 Å². The van der Waals surface area contributed by atoms with Crippen molar-refractivity contribution in [2.45, 2.75) is 155 Å². The van der Waals surface area contributed by atoms with Gasteiger partial charge in [0.1, 0.15) is 0 Å². The minimum absolute atomic E-state index is 0.809. The van der Waals surface area contributed by atoms with Crippen molar-refractivity contribution in [1.82, 2.24) is 0 Å². The van der Waals surface area contributed by atoms with Gasteiger partial charge in [-0.05, 0) is 129 Å². The molecule has 0 heterocycles. The maximum atomic E-state index is 2.52. The Labute approximate surface area is 225 Å². The molecule has 0 aliphatic carbocycles. The summed E-state index contributed by atoms with van der Waals surface area (Å²) >= 11 is 0. The van der Waals surface area contributed by atoms with Crippen molar-refractivity contribution in [3.8, 4) is 0 Å². The monoisotopic (exact) mass is 493 g/mol. The molecule has 0 spiro atoms. The molecule has 0 aliphatic rings. The quantitative estimate of drug-likeness (QED) is 0.158. The summed E-state index contributed by atoms with van der Waals surface area (Å²) in [6, 6.07) is 0. The summed E-state index contributed by atoms with van der Waals surface area (Å²) in [5.74, 6) is 10.3. The van der Waals surface area contributed by atoms with Crippen LogP contribution in [0.3, 0.4) is 0 Å². The van der Waals surface area contributed by atoms with Crippen LogP contribution < -0.4 is 0 Å². The van der Waals surface area contributed by atoms with Gasteiger partial charge in [-0.2, -0.15) is 0 Å². The fraction of sp³-hybridized carbons (Fsp3) is 1.00. The molecule has 0 bridgehead atoms. The van der Waals surface area contributed by atoms with Crippen molar-refractivity contribution >= 4 is 0 Å². The lowest BCUT2D eigenvalue weighted by Gasteiger charge is -2.28. The third-order valence-corrected chi connectivity index (χ3v) is 9.23. The summed E-state index contributed by atoms with van der Waals surface area (Å²) in [6.45, 7) is 34.5. The topological polar surface area (TPSA) is 0 Å². The van der Waals surface area contributed by atoms with Crippen molar-refractivity contribution in [3.05, 3.63) is 0 Å². The number of hydrogen-bond acceptors (Lipinski definition) is 0. The third-order valence-electron chi connectivity index (χ3n) is 9.23. The molecule has 0 fully saturated rings. The van der Waals surface area contributed by atoms with E-state index in [-0.39, 0.29) is 0 Å². The average Bonchev–Trinajstić information content (AvgIpc) is 2.64. The first-order chi connectivity index (χ1) is 16.1. The smallest absolute Gasteiger partial charge is 0.0394 e. The van der Waals surface area contributed by atoms with Gasteiger partial charge in [0.05, 0.1) is 0 Å². The molecule has 0 rings (SSSR count). The molecule has 0 nitrogen and oxygen atoms in total. The molecule has 0 radical (unpaired) electrons. The van der Waals surface area contributed by atoms with Gasteiger partial charge in [0.15, 0.2) is 0 Å². The maximum absolute atomic E-state index is 2.52. The molecular weight excluding hydrogens is 420 g/mol. The SMILES string of the molecule is CC(C)CC(C)CC(C)CC(C)CC(C)CC(C)CC(C)CC(C)CC(C)CC(C)C(C)C(C)C. The Morgan fingerprint density at radius 2 is 0.514 bits per heavy atom. The summed E-state index contributed by atoms with van der Waals surface area (Å²) < 4.78 is 0. The molecule has 0 saturated heterocycles. The van der Waals surface area contributed by atoms with Gasteiger partial charge >= 0.3 is 0 Å². The van der Waals surface area contributed by atoms with Gasteiger partial charge < -0.3 is 0 Å². The Balaban J connectivity index is 4.27. The van der Waals surface area contributed by atoms with Crippen LogP contribution in [-0.2, 0) is 0 Å². The van der Waals surface area contributed by atoms with Crippen LogP contribution in [0.4, 0.5) is 0 Å².